The van der Waals surface area contributed by atoms with E-state index in [9.17, 15) is 14.4 Å². The van der Waals surface area contributed by atoms with Crippen molar-refractivity contribution >= 4 is 17.7 Å². The quantitative estimate of drug-likeness (QED) is 0.361. The first-order chi connectivity index (χ1) is 15.8. The number of ether oxygens (including phenoxy) is 4. The number of methoxy groups -OCH3 is 2. The lowest BCUT2D eigenvalue weighted by molar-refractivity contribution is -0.151. The number of carbonyl (C=O) groups is 3. The van der Waals surface area contributed by atoms with Gasteiger partial charge in [-0.15, -0.1) is 0 Å². The fourth-order valence-corrected chi connectivity index (χ4v) is 4.53. The lowest BCUT2D eigenvalue weighted by Crippen LogP contribution is -2.43. The third-order valence-electron chi connectivity index (χ3n) is 5.99. The standard InChI is InChI=1S/C25H31NO7/c1-6-32-17-9-7-8-16(13-17)21-20(25(29)33-11-10-30-4)15(3)26-18-12-14(2)19(24(28)31-5)23(27)22(18)21/h7-9,13-14,19,21,26H,6,10-12H2,1-5H3/t14-,19+,21+/m0/s1. The Balaban J connectivity index is 2.13. The second kappa shape index (κ2) is 10.7. The smallest absolute Gasteiger partial charge is 0.336 e. The minimum Gasteiger partial charge on any atom is -0.494 e. The molecule has 2 aliphatic rings. The number of hydrogen-bond donors (Lipinski definition) is 1. The summed E-state index contributed by atoms with van der Waals surface area (Å²) in [4.78, 5) is 39.3. The highest BCUT2D eigenvalue weighted by Crippen LogP contribution is 2.45. The molecule has 178 valence electrons. The molecule has 3 atom stereocenters. The Morgan fingerprint density at radius 1 is 1.18 bits per heavy atom. The van der Waals surface area contributed by atoms with Crippen LogP contribution in [0.3, 0.4) is 0 Å². The number of allylic oxidation sites excluding steroid dienone is 3. The molecule has 33 heavy (non-hydrogen) atoms. The van der Waals surface area contributed by atoms with E-state index in [1.54, 1.807) is 6.92 Å². The Labute approximate surface area is 193 Å². The van der Waals surface area contributed by atoms with Crippen LogP contribution in [-0.2, 0) is 28.6 Å². The average molecular weight is 458 g/mol. The van der Waals surface area contributed by atoms with Gasteiger partial charge in [0.1, 0.15) is 18.3 Å². The highest BCUT2D eigenvalue weighted by Gasteiger charge is 2.47. The molecule has 0 fully saturated rings. The van der Waals surface area contributed by atoms with Gasteiger partial charge in [-0.2, -0.15) is 0 Å². The molecule has 0 radical (unpaired) electrons. The van der Waals surface area contributed by atoms with Gasteiger partial charge in [0.25, 0.3) is 0 Å². The van der Waals surface area contributed by atoms with Crippen molar-refractivity contribution in [2.24, 2.45) is 11.8 Å². The molecule has 0 amide bonds. The molecule has 0 saturated carbocycles. The molecule has 1 aromatic carbocycles. The molecule has 8 nitrogen and oxygen atoms in total. The van der Waals surface area contributed by atoms with E-state index in [4.69, 9.17) is 18.9 Å². The molecule has 1 N–H and O–H groups in total. The zero-order valence-electron chi connectivity index (χ0n) is 19.7. The molecule has 0 saturated heterocycles. The molecule has 1 aliphatic heterocycles. The number of carbonyl (C=O) groups excluding carboxylic acids is 3. The SMILES string of the molecule is CCOc1cccc([C@@H]2C(C(=O)OCCOC)=C(C)NC3=C2C(=O)[C@H](C(=O)OC)[C@@H](C)C3)c1. The van der Waals surface area contributed by atoms with Gasteiger partial charge in [0, 0.05) is 30.0 Å². The van der Waals surface area contributed by atoms with Crippen LogP contribution in [0, 0.1) is 11.8 Å². The van der Waals surface area contributed by atoms with E-state index in [1.165, 1.54) is 14.2 Å². The van der Waals surface area contributed by atoms with Gasteiger partial charge >= 0.3 is 11.9 Å². The summed E-state index contributed by atoms with van der Waals surface area (Å²) < 4.78 is 21.0. The van der Waals surface area contributed by atoms with E-state index in [0.29, 0.717) is 46.9 Å². The third kappa shape index (κ3) is 4.95. The number of hydrogen-bond acceptors (Lipinski definition) is 8. The summed E-state index contributed by atoms with van der Waals surface area (Å²) in [6.45, 7) is 6.34. The molecular weight excluding hydrogens is 426 g/mol. The maximum absolute atomic E-state index is 13.7. The van der Waals surface area contributed by atoms with E-state index in [2.05, 4.69) is 5.32 Å². The molecule has 1 heterocycles. The normalized spacial score (nSPS) is 22.5. The van der Waals surface area contributed by atoms with Crippen molar-refractivity contribution in [3.63, 3.8) is 0 Å². The summed E-state index contributed by atoms with van der Waals surface area (Å²) >= 11 is 0. The van der Waals surface area contributed by atoms with Crippen LogP contribution in [0.15, 0.2) is 46.8 Å². The Morgan fingerprint density at radius 3 is 2.61 bits per heavy atom. The van der Waals surface area contributed by atoms with Gasteiger partial charge in [0.15, 0.2) is 5.78 Å². The fraction of sp³-hybridized carbons (Fsp3) is 0.480. The minimum absolute atomic E-state index is 0.0828. The second-order valence-corrected chi connectivity index (χ2v) is 8.17. The maximum Gasteiger partial charge on any atom is 0.336 e. The Morgan fingerprint density at radius 2 is 1.94 bits per heavy atom. The summed E-state index contributed by atoms with van der Waals surface area (Å²) in [7, 11) is 2.80. The number of ketones is 1. The Hall–Kier alpha value is -3.13. The third-order valence-corrected chi connectivity index (χ3v) is 5.99. The molecule has 3 rings (SSSR count). The van der Waals surface area contributed by atoms with Crippen LogP contribution in [0.25, 0.3) is 0 Å². The number of benzene rings is 1. The second-order valence-electron chi connectivity index (χ2n) is 8.17. The van der Waals surface area contributed by atoms with Crippen LogP contribution in [0.5, 0.6) is 5.75 Å². The predicted octanol–water partition coefficient (Wildman–Crippen LogP) is 2.89. The average Bonchev–Trinajstić information content (AvgIpc) is 2.78. The van der Waals surface area contributed by atoms with Gasteiger partial charge in [-0.1, -0.05) is 19.1 Å². The highest BCUT2D eigenvalue weighted by molar-refractivity contribution is 6.12. The molecule has 0 spiro atoms. The fourth-order valence-electron chi connectivity index (χ4n) is 4.53. The van der Waals surface area contributed by atoms with Gasteiger partial charge in [-0.3, -0.25) is 9.59 Å². The van der Waals surface area contributed by atoms with E-state index in [-0.39, 0.29) is 24.9 Å². The molecule has 8 heteroatoms. The molecule has 0 bridgehead atoms. The maximum atomic E-state index is 13.7. The number of nitrogens with one attached hydrogen (secondary N) is 1. The lowest BCUT2D eigenvalue weighted by Gasteiger charge is -2.38. The summed E-state index contributed by atoms with van der Waals surface area (Å²) in [6, 6.07) is 7.30. The summed E-state index contributed by atoms with van der Waals surface area (Å²) in [5, 5.41) is 3.24. The van der Waals surface area contributed by atoms with Gasteiger partial charge in [-0.05, 0) is 43.9 Å². The van der Waals surface area contributed by atoms with E-state index in [1.807, 2.05) is 38.1 Å². The van der Waals surface area contributed by atoms with Gasteiger partial charge in [-0.25, -0.2) is 4.79 Å². The van der Waals surface area contributed by atoms with Crippen molar-refractivity contribution in [2.75, 3.05) is 34.0 Å². The van der Waals surface area contributed by atoms with Crippen molar-refractivity contribution in [3.05, 3.63) is 52.4 Å². The van der Waals surface area contributed by atoms with Crippen molar-refractivity contribution in [1.82, 2.24) is 5.32 Å². The topological polar surface area (TPSA) is 100 Å². The van der Waals surface area contributed by atoms with Crippen molar-refractivity contribution in [3.8, 4) is 5.75 Å². The molecular formula is C25H31NO7. The Bertz CT molecular complexity index is 994. The van der Waals surface area contributed by atoms with Crippen LogP contribution >= 0.6 is 0 Å². The first-order valence-corrected chi connectivity index (χ1v) is 11.1. The number of dihydropyridines is 1. The lowest BCUT2D eigenvalue weighted by atomic mass is 9.69. The van der Waals surface area contributed by atoms with E-state index in [0.717, 1.165) is 0 Å². The largest absolute Gasteiger partial charge is 0.494 e. The van der Waals surface area contributed by atoms with Gasteiger partial charge < -0.3 is 24.3 Å². The summed E-state index contributed by atoms with van der Waals surface area (Å²) in [5.74, 6) is -2.71. The van der Waals surface area contributed by atoms with Crippen LogP contribution in [0.4, 0.5) is 0 Å². The zero-order valence-corrected chi connectivity index (χ0v) is 19.7. The highest BCUT2D eigenvalue weighted by atomic mass is 16.6. The van der Waals surface area contributed by atoms with Crippen LogP contribution in [0.2, 0.25) is 0 Å². The summed E-state index contributed by atoms with van der Waals surface area (Å²) in [5.41, 5.74) is 2.75. The summed E-state index contributed by atoms with van der Waals surface area (Å²) in [6.07, 6.45) is 0.478. The molecule has 1 aromatic rings. The zero-order chi connectivity index (χ0) is 24.1. The predicted molar refractivity (Wildman–Crippen MR) is 120 cm³/mol. The Kier molecular flexibility index (Phi) is 7.92. The first-order valence-electron chi connectivity index (χ1n) is 11.1. The van der Waals surface area contributed by atoms with Crippen LogP contribution in [0.1, 0.15) is 38.7 Å². The van der Waals surface area contributed by atoms with E-state index < -0.39 is 23.8 Å². The van der Waals surface area contributed by atoms with Crippen molar-refractivity contribution < 1.29 is 33.3 Å². The first kappa shape index (κ1) is 24.5. The monoisotopic (exact) mass is 457 g/mol. The van der Waals surface area contributed by atoms with Crippen LogP contribution in [-0.4, -0.2) is 51.8 Å². The van der Waals surface area contributed by atoms with Crippen molar-refractivity contribution in [1.29, 1.82) is 0 Å². The molecule has 0 aromatic heterocycles. The number of rotatable bonds is 8. The number of Topliss-reactive ketones (excluding diaryl/α,β-unsaturated/α-hetero) is 1. The van der Waals surface area contributed by atoms with Crippen LogP contribution < -0.4 is 10.1 Å². The van der Waals surface area contributed by atoms with Gasteiger partial charge in [0.2, 0.25) is 0 Å². The molecule has 0 unspecified atom stereocenters. The molecule has 1 aliphatic carbocycles. The van der Waals surface area contributed by atoms with Gasteiger partial charge in [0.05, 0.1) is 25.9 Å². The minimum atomic E-state index is -0.933. The van der Waals surface area contributed by atoms with E-state index >= 15 is 0 Å². The number of esters is 2. The van der Waals surface area contributed by atoms with Crippen molar-refractivity contribution in [2.45, 2.75) is 33.1 Å².